The van der Waals surface area contributed by atoms with E-state index >= 15 is 0 Å². The van der Waals surface area contributed by atoms with E-state index in [1.165, 1.54) is 5.56 Å². The van der Waals surface area contributed by atoms with Gasteiger partial charge in [0, 0.05) is 25.2 Å². The van der Waals surface area contributed by atoms with Gasteiger partial charge in [0.2, 0.25) is 11.8 Å². The second-order valence-corrected chi connectivity index (χ2v) is 6.13. The molecular weight excluding hydrogens is 300 g/mol. The Morgan fingerprint density at radius 2 is 1.88 bits per heavy atom. The number of aryl methyl sites for hydroxylation is 1. The molecule has 0 bridgehead atoms. The maximum absolute atomic E-state index is 12.4. The fourth-order valence-corrected chi connectivity index (χ4v) is 3.01. The van der Waals surface area contributed by atoms with E-state index < -0.39 is 0 Å². The summed E-state index contributed by atoms with van der Waals surface area (Å²) < 4.78 is 0. The number of hydrogen-bond donors (Lipinski definition) is 1. The van der Waals surface area contributed by atoms with Gasteiger partial charge in [-0.05, 0) is 29.7 Å². The van der Waals surface area contributed by atoms with Gasteiger partial charge in [0.25, 0.3) is 0 Å². The first-order chi connectivity index (χ1) is 11.7. The third-order valence-corrected chi connectivity index (χ3v) is 4.44. The number of anilines is 1. The minimum atomic E-state index is -0.286. The van der Waals surface area contributed by atoms with Crippen LogP contribution in [-0.2, 0) is 22.6 Å². The first kappa shape index (κ1) is 16.2. The van der Waals surface area contributed by atoms with E-state index in [0.717, 1.165) is 17.7 Å². The first-order valence-corrected chi connectivity index (χ1v) is 8.38. The zero-order chi connectivity index (χ0) is 16.9. The molecule has 1 saturated heterocycles. The number of carbonyl (C=O) groups is 2. The molecule has 1 atom stereocenters. The number of rotatable bonds is 5. The minimum absolute atomic E-state index is 0.0168. The van der Waals surface area contributed by atoms with Crippen molar-refractivity contribution >= 4 is 17.5 Å². The molecule has 1 aliphatic heterocycles. The summed E-state index contributed by atoms with van der Waals surface area (Å²) in [5.74, 6) is -0.323. The van der Waals surface area contributed by atoms with Crippen LogP contribution in [0.5, 0.6) is 0 Å². The highest BCUT2D eigenvalue weighted by Crippen LogP contribution is 2.26. The Morgan fingerprint density at radius 3 is 2.62 bits per heavy atom. The topological polar surface area (TPSA) is 49.4 Å². The van der Waals surface area contributed by atoms with Crippen LogP contribution in [0.15, 0.2) is 54.6 Å². The summed E-state index contributed by atoms with van der Waals surface area (Å²) in [5, 5.41) is 2.94. The zero-order valence-corrected chi connectivity index (χ0v) is 13.9. The van der Waals surface area contributed by atoms with E-state index in [1.54, 1.807) is 4.90 Å². The van der Waals surface area contributed by atoms with E-state index in [9.17, 15) is 9.59 Å². The van der Waals surface area contributed by atoms with Crippen molar-refractivity contribution in [2.45, 2.75) is 26.3 Å². The van der Waals surface area contributed by atoms with Gasteiger partial charge in [-0.1, -0.05) is 49.4 Å². The molecule has 4 heteroatoms. The number of nitrogens with zero attached hydrogens (tertiary/aromatic N) is 1. The molecule has 2 amide bonds. The molecule has 3 rings (SSSR count). The first-order valence-electron chi connectivity index (χ1n) is 8.38. The van der Waals surface area contributed by atoms with Gasteiger partial charge in [-0.25, -0.2) is 0 Å². The SMILES string of the molecule is CCc1cccc(N2CC(C(=O)NCc3ccccc3)CC2=O)c1. The second-order valence-electron chi connectivity index (χ2n) is 6.13. The average Bonchev–Trinajstić information content (AvgIpc) is 3.02. The molecule has 0 radical (unpaired) electrons. The molecule has 4 nitrogen and oxygen atoms in total. The standard InChI is InChI=1S/C20H22N2O2/c1-2-15-9-6-10-18(11-15)22-14-17(12-19(22)23)20(24)21-13-16-7-4-3-5-8-16/h3-11,17H,2,12-14H2,1H3,(H,21,24). The minimum Gasteiger partial charge on any atom is -0.352 e. The Hall–Kier alpha value is -2.62. The Labute approximate surface area is 142 Å². The quantitative estimate of drug-likeness (QED) is 0.920. The van der Waals surface area contributed by atoms with E-state index in [2.05, 4.69) is 12.2 Å². The molecule has 24 heavy (non-hydrogen) atoms. The van der Waals surface area contributed by atoms with Crippen LogP contribution in [0.2, 0.25) is 0 Å². The van der Waals surface area contributed by atoms with Crippen molar-refractivity contribution in [2.24, 2.45) is 5.92 Å². The molecule has 1 fully saturated rings. The van der Waals surface area contributed by atoms with E-state index in [1.807, 2.05) is 54.6 Å². The van der Waals surface area contributed by atoms with Gasteiger partial charge in [-0.2, -0.15) is 0 Å². The van der Waals surface area contributed by atoms with Crippen LogP contribution in [0.1, 0.15) is 24.5 Å². The van der Waals surface area contributed by atoms with Crippen LogP contribution in [-0.4, -0.2) is 18.4 Å². The lowest BCUT2D eigenvalue weighted by atomic mass is 10.1. The van der Waals surface area contributed by atoms with Crippen molar-refractivity contribution in [3.05, 3.63) is 65.7 Å². The Balaban J connectivity index is 1.62. The Bertz CT molecular complexity index is 727. The summed E-state index contributed by atoms with van der Waals surface area (Å²) in [6.45, 7) is 3.03. The predicted octanol–water partition coefficient (Wildman–Crippen LogP) is 2.92. The largest absolute Gasteiger partial charge is 0.352 e. The number of nitrogens with one attached hydrogen (secondary N) is 1. The smallest absolute Gasteiger partial charge is 0.227 e. The summed E-state index contributed by atoms with van der Waals surface area (Å²) in [4.78, 5) is 26.4. The molecule has 1 aliphatic rings. The van der Waals surface area contributed by atoms with Crippen LogP contribution in [0, 0.1) is 5.92 Å². The van der Waals surface area contributed by atoms with Gasteiger partial charge in [0.1, 0.15) is 0 Å². The molecule has 0 aromatic heterocycles. The maximum Gasteiger partial charge on any atom is 0.227 e. The van der Waals surface area contributed by atoms with Crippen LogP contribution in [0.25, 0.3) is 0 Å². The molecule has 1 unspecified atom stereocenters. The molecule has 0 spiro atoms. The molecule has 0 saturated carbocycles. The second kappa shape index (κ2) is 7.30. The van der Waals surface area contributed by atoms with Crippen molar-refractivity contribution in [1.82, 2.24) is 5.32 Å². The summed E-state index contributed by atoms with van der Waals surface area (Å²) in [6.07, 6.45) is 1.20. The van der Waals surface area contributed by atoms with Crippen molar-refractivity contribution < 1.29 is 9.59 Å². The fourth-order valence-electron chi connectivity index (χ4n) is 3.01. The Morgan fingerprint density at radius 1 is 1.12 bits per heavy atom. The maximum atomic E-state index is 12.4. The van der Waals surface area contributed by atoms with Gasteiger partial charge in [-0.15, -0.1) is 0 Å². The third kappa shape index (κ3) is 3.65. The number of benzene rings is 2. The van der Waals surface area contributed by atoms with Crippen molar-refractivity contribution in [3.63, 3.8) is 0 Å². The van der Waals surface area contributed by atoms with Gasteiger partial charge >= 0.3 is 0 Å². The van der Waals surface area contributed by atoms with Crippen LogP contribution < -0.4 is 10.2 Å². The lowest BCUT2D eigenvalue weighted by Crippen LogP contribution is -2.32. The van der Waals surface area contributed by atoms with E-state index in [-0.39, 0.29) is 24.2 Å². The lowest BCUT2D eigenvalue weighted by Gasteiger charge is -2.17. The molecule has 2 aromatic rings. The van der Waals surface area contributed by atoms with Crippen LogP contribution in [0.3, 0.4) is 0 Å². The number of hydrogen-bond acceptors (Lipinski definition) is 2. The lowest BCUT2D eigenvalue weighted by molar-refractivity contribution is -0.126. The van der Waals surface area contributed by atoms with Crippen molar-refractivity contribution in [3.8, 4) is 0 Å². The number of amides is 2. The third-order valence-electron chi connectivity index (χ3n) is 4.44. The predicted molar refractivity (Wildman–Crippen MR) is 94.6 cm³/mol. The highest BCUT2D eigenvalue weighted by atomic mass is 16.2. The van der Waals surface area contributed by atoms with Gasteiger partial charge in [-0.3, -0.25) is 9.59 Å². The average molecular weight is 322 g/mol. The monoisotopic (exact) mass is 322 g/mol. The van der Waals surface area contributed by atoms with E-state index in [0.29, 0.717) is 13.1 Å². The van der Waals surface area contributed by atoms with Crippen molar-refractivity contribution in [1.29, 1.82) is 0 Å². The summed E-state index contributed by atoms with van der Waals surface area (Å²) in [7, 11) is 0. The van der Waals surface area contributed by atoms with E-state index in [4.69, 9.17) is 0 Å². The number of carbonyl (C=O) groups excluding carboxylic acids is 2. The molecule has 1 heterocycles. The molecule has 0 aliphatic carbocycles. The van der Waals surface area contributed by atoms with Crippen molar-refractivity contribution in [2.75, 3.05) is 11.4 Å². The highest BCUT2D eigenvalue weighted by molar-refractivity contribution is 6.00. The summed E-state index contributed by atoms with van der Waals surface area (Å²) in [5.41, 5.74) is 3.14. The van der Waals surface area contributed by atoms with Gasteiger partial charge in [0.15, 0.2) is 0 Å². The molecule has 1 N–H and O–H groups in total. The zero-order valence-electron chi connectivity index (χ0n) is 13.9. The highest BCUT2D eigenvalue weighted by Gasteiger charge is 2.34. The summed E-state index contributed by atoms with van der Waals surface area (Å²) in [6, 6.07) is 17.8. The van der Waals surface area contributed by atoms with Crippen LogP contribution in [0.4, 0.5) is 5.69 Å². The fraction of sp³-hybridized carbons (Fsp3) is 0.300. The molecule has 2 aromatic carbocycles. The van der Waals surface area contributed by atoms with Crippen LogP contribution >= 0.6 is 0 Å². The normalized spacial score (nSPS) is 17.1. The molecular formula is C20H22N2O2. The van der Waals surface area contributed by atoms with Gasteiger partial charge < -0.3 is 10.2 Å². The molecule has 124 valence electrons. The van der Waals surface area contributed by atoms with Gasteiger partial charge in [0.05, 0.1) is 5.92 Å². The Kier molecular flexibility index (Phi) is 4.94. The summed E-state index contributed by atoms with van der Waals surface area (Å²) >= 11 is 0.